The van der Waals surface area contributed by atoms with Crippen LogP contribution in [0.15, 0.2) is 18.2 Å². The molecule has 1 saturated carbocycles. The molecule has 15 heavy (non-hydrogen) atoms. The summed E-state index contributed by atoms with van der Waals surface area (Å²) < 4.78 is 11.0. The van der Waals surface area contributed by atoms with Crippen LogP contribution in [0.3, 0.4) is 0 Å². The van der Waals surface area contributed by atoms with Gasteiger partial charge in [0.1, 0.15) is 13.2 Å². The summed E-state index contributed by atoms with van der Waals surface area (Å²) in [5.41, 5.74) is 6.99. The van der Waals surface area contributed by atoms with Gasteiger partial charge in [-0.25, -0.2) is 0 Å². The summed E-state index contributed by atoms with van der Waals surface area (Å²) >= 11 is 0. The molecule has 0 aromatic heterocycles. The fourth-order valence-corrected chi connectivity index (χ4v) is 2.21. The van der Waals surface area contributed by atoms with Gasteiger partial charge in [0.2, 0.25) is 0 Å². The molecular weight excluding hydrogens is 190 g/mol. The maximum atomic E-state index is 5.64. The predicted octanol–water partition coefficient (Wildman–Crippen LogP) is 1.52. The van der Waals surface area contributed by atoms with Crippen LogP contribution in [0.2, 0.25) is 0 Å². The second-order valence-corrected chi connectivity index (χ2v) is 4.24. The van der Waals surface area contributed by atoms with Crippen molar-refractivity contribution in [3.8, 4) is 11.5 Å². The van der Waals surface area contributed by atoms with Gasteiger partial charge in [0.05, 0.1) is 0 Å². The number of ether oxygens (including phenoxy) is 2. The van der Waals surface area contributed by atoms with Crippen molar-refractivity contribution in [2.45, 2.75) is 12.3 Å². The minimum atomic E-state index is 0.644. The molecule has 1 aromatic carbocycles. The SMILES string of the molecule is NCC1CC1c1ccc2c(c1)OCCO2. The van der Waals surface area contributed by atoms with E-state index in [1.54, 1.807) is 0 Å². The molecule has 0 radical (unpaired) electrons. The highest BCUT2D eigenvalue weighted by Crippen LogP contribution is 2.48. The Hall–Kier alpha value is -1.22. The van der Waals surface area contributed by atoms with Crippen molar-refractivity contribution in [2.24, 2.45) is 11.7 Å². The van der Waals surface area contributed by atoms with Crippen molar-refractivity contribution in [1.29, 1.82) is 0 Å². The van der Waals surface area contributed by atoms with E-state index in [2.05, 4.69) is 12.1 Å². The van der Waals surface area contributed by atoms with E-state index in [-0.39, 0.29) is 0 Å². The van der Waals surface area contributed by atoms with Crippen molar-refractivity contribution in [1.82, 2.24) is 0 Å². The number of nitrogens with two attached hydrogens (primary N) is 1. The topological polar surface area (TPSA) is 44.5 Å². The Morgan fingerprint density at radius 1 is 1.20 bits per heavy atom. The van der Waals surface area contributed by atoms with E-state index in [4.69, 9.17) is 15.2 Å². The molecule has 2 N–H and O–H groups in total. The molecule has 1 heterocycles. The molecule has 3 rings (SSSR count). The standard InChI is InChI=1S/C12H15NO2/c13-7-9-5-10(9)8-1-2-11-12(6-8)15-4-3-14-11/h1-2,6,9-10H,3-5,7,13H2. The van der Waals surface area contributed by atoms with Gasteiger partial charge in [-0.1, -0.05) is 6.07 Å². The fraction of sp³-hybridized carbons (Fsp3) is 0.500. The van der Waals surface area contributed by atoms with Crippen LogP contribution in [-0.2, 0) is 0 Å². The first kappa shape index (κ1) is 9.04. The third-order valence-electron chi connectivity index (χ3n) is 3.22. The monoisotopic (exact) mass is 205 g/mol. The predicted molar refractivity (Wildman–Crippen MR) is 57.3 cm³/mol. The van der Waals surface area contributed by atoms with Crippen molar-refractivity contribution in [2.75, 3.05) is 19.8 Å². The quantitative estimate of drug-likeness (QED) is 0.796. The van der Waals surface area contributed by atoms with E-state index in [1.807, 2.05) is 6.07 Å². The lowest BCUT2D eigenvalue weighted by atomic mass is 10.1. The first-order valence-corrected chi connectivity index (χ1v) is 5.48. The third-order valence-corrected chi connectivity index (χ3v) is 3.22. The second-order valence-electron chi connectivity index (χ2n) is 4.24. The molecule has 2 unspecified atom stereocenters. The van der Waals surface area contributed by atoms with Gasteiger partial charge in [0.25, 0.3) is 0 Å². The Morgan fingerprint density at radius 3 is 2.73 bits per heavy atom. The Balaban J connectivity index is 1.85. The highest BCUT2D eigenvalue weighted by Gasteiger charge is 2.37. The van der Waals surface area contributed by atoms with Gasteiger partial charge in [-0.15, -0.1) is 0 Å². The van der Waals surface area contributed by atoms with E-state index in [0.717, 1.165) is 18.0 Å². The van der Waals surface area contributed by atoms with Crippen molar-refractivity contribution < 1.29 is 9.47 Å². The van der Waals surface area contributed by atoms with Gasteiger partial charge in [0, 0.05) is 0 Å². The Kier molecular flexibility index (Phi) is 2.06. The Bertz CT molecular complexity index is 378. The molecule has 0 amide bonds. The molecule has 2 atom stereocenters. The molecule has 1 aliphatic heterocycles. The lowest BCUT2D eigenvalue weighted by Gasteiger charge is -2.18. The smallest absolute Gasteiger partial charge is 0.161 e. The lowest BCUT2D eigenvalue weighted by molar-refractivity contribution is 0.171. The second kappa shape index (κ2) is 3.42. The Labute approximate surface area is 89.2 Å². The largest absolute Gasteiger partial charge is 0.486 e. The average molecular weight is 205 g/mol. The van der Waals surface area contributed by atoms with Crippen LogP contribution in [0, 0.1) is 5.92 Å². The number of hydrogen-bond acceptors (Lipinski definition) is 3. The van der Waals surface area contributed by atoms with Gasteiger partial charge >= 0.3 is 0 Å². The van der Waals surface area contributed by atoms with E-state index in [1.165, 1.54) is 12.0 Å². The molecule has 3 heteroatoms. The summed E-state index contributed by atoms with van der Waals surface area (Å²) in [4.78, 5) is 0. The van der Waals surface area contributed by atoms with Gasteiger partial charge < -0.3 is 15.2 Å². The van der Waals surface area contributed by atoms with Crippen LogP contribution in [0.1, 0.15) is 17.9 Å². The molecule has 1 aromatic rings. The van der Waals surface area contributed by atoms with Crippen LogP contribution in [0.4, 0.5) is 0 Å². The molecule has 2 aliphatic rings. The minimum Gasteiger partial charge on any atom is -0.486 e. The molecule has 1 fully saturated rings. The summed E-state index contributed by atoms with van der Waals surface area (Å²) in [5, 5.41) is 0. The van der Waals surface area contributed by atoms with E-state index < -0.39 is 0 Å². The number of hydrogen-bond donors (Lipinski definition) is 1. The van der Waals surface area contributed by atoms with E-state index >= 15 is 0 Å². The average Bonchev–Trinajstić information content (AvgIpc) is 3.08. The molecule has 0 saturated heterocycles. The van der Waals surface area contributed by atoms with Crippen LogP contribution in [0.5, 0.6) is 11.5 Å². The molecule has 0 bridgehead atoms. The number of benzene rings is 1. The minimum absolute atomic E-state index is 0.644. The number of rotatable bonds is 2. The zero-order valence-electron chi connectivity index (χ0n) is 8.61. The summed E-state index contributed by atoms with van der Waals surface area (Å²) in [7, 11) is 0. The summed E-state index contributed by atoms with van der Waals surface area (Å²) in [5.74, 6) is 3.08. The van der Waals surface area contributed by atoms with Gasteiger partial charge in [-0.2, -0.15) is 0 Å². The van der Waals surface area contributed by atoms with Gasteiger partial charge in [-0.05, 0) is 42.5 Å². The van der Waals surface area contributed by atoms with Crippen molar-refractivity contribution in [3.05, 3.63) is 23.8 Å². The van der Waals surface area contributed by atoms with Crippen LogP contribution in [-0.4, -0.2) is 19.8 Å². The normalized spacial score (nSPS) is 27.5. The highest BCUT2D eigenvalue weighted by atomic mass is 16.6. The van der Waals surface area contributed by atoms with Crippen LogP contribution < -0.4 is 15.2 Å². The Morgan fingerprint density at radius 2 is 2.00 bits per heavy atom. The van der Waals surface area contributed by atoms with Crippen LogP contribution >= 0.6 is 0 Å². The molecule has 0 spiro atoms. The van der Waals surface area contributed by atoms with Crippen LogP contribution in [0.25, 0.3) is 0 Å². The summed E-state index contributed by atoms with van der Waals surface area (Å²) in [6, 6.07) is 6.25. The van der Waals surface area contributed by atoms with Gasteiger partial charge in [-0.3, -0.25) is 0 Å². The molecule has 3 nitrogen and oxygen atoms in total. The fourth-order valence-electron chi connectivity index (χ4n) is 2.21. The third kappa shape index (κ3) is 1.57. The number of fused-ring (bicyclic) bond motifs is 1. The first-order chi connectivity index (χ1) is 7.38. The van der Waals surface area contributed by atoms with Crippen molar-refractivity contribution in [3.63, 3.8) is 0 Å². The molecule has 1 aliphatic carbocycles. The lowest BCUT2D eigenvalue weighted by Crippen LogP contribution is -2.15. The highest BCUT2D eigenvalue weighted by molar-refractivity contribution is 5.46. The molecule has 80 valence electrons. The molecular formula is C12H15NO2. The summed E-state index contributed by atoms with van der Waals surface area (Å²) in [6.45, 7) is 2.10. The van der Waals surface area contributed by atoms with E-state index in [9.17, 15) is 0 Å². The maximum absolute atomic E-state index is 5.64. The van der Waals surface area contributed by atoms with Gasteiger partial charge in [0.15, 0.2) is 11.5 Å². The van der Waals surface area contributed by atoms with E-state index in [0.29, 0.717) is 25.0 Å². The first-order valence-electron chi connectivity index (χ1n) is 5.48. The summed E-state index contributed by atoms with van der Waals surface area (Å²) in [6.07, 6.45) is 1.22. The van der Waals surface area contributed by atoms with Crippen molar-refractivity contribution >= 4 is 0 Å². The maximum Gasteiger partial charge on any atom is 0.161 e. The zero-order chi connectivity index (χ0) is 10.3. The zero-order valence-corrected chi connectivity index (χ0v) is 8.61.